The molecular formula is C23H23N3O4. The van der Waals surface area contributed by atoms with Gasteiger partial charge in [0.05, 0.1) is 11.0 Å². The Morgan fingerprint density at radius 1 is 0.933 bits per heavy atom. The van der Waals surface area contributed by atoms with Gasteiger partial charge in [0.2, 0.25) is 5.91 Å². The van der Waals surface area contributed by atoms with Gasteiger partial charge in [-0.1, -0.05) is 37.1 Å². The number of rotatable bonds is 3. The lowest BCUT2D eigenvalue weighted by molar-refractivity contribution is -0.127. The number of hydrogen-bond donors (Lipinski definition) is 3. The lowest BCUT2D eigenvalue weighted by Crippen LogP contribution is -2.50. The lowest BCUT2D eigenvalue weighted by Gasteiger charge is -2.29. The van der Waals surface area contributed by atoms with Crippen molar-refractivity contribution < 1.29 is 19.1 Å². The number of hydrogen-bond acceptors (Lipinski definition) is 4. The van der Waals surface area contributed by atoms with Crippen molar-refractivity contribution in [1.82, 2.24) is 15.8 Å². The molecule has 0 unspecified atom stereocenters. The number of carbonyl (C=O) groups excluding carboxylic acids is 2. The summed E-state index contributed by atoms with van der Waals surface area (Å²) in [7, 11) is 0. The first-order valence-electron chi connectivity index (χ1n) is 10.2. The van der Waals surface area contributed by atoms with E-state index in [9.17, 15) is 9.59 Å². The van der Waals surface area contributed by atoms with Crippen LogP contribution in [0.15, 0.2) is 48.7 Å². The molecule has 3 N–H and O–H groups in total. The van der Waals surface area contributed by atoms with Crippen LogP contribution in [0.4, 0.5) is 0 Å². The molecule has 7 heteroatoms. The van der Waals surface area contributed by atoms with E-state index in [1.165, 1.54) is 0 Å². The number of nitrogens with one attached hydrogen (secondary N) is 3. The number of H-pyrrole nitrogens is 1. The smallest absolute Gasteiger partial charge is 0.271 e. The van der Waals surface area contributed by atoms with E-state index >= 15 is 0 Å². The number of para-hydroxylation sites is 1. The summed E-state index contributed by atoms with van der Waals surface area (Å²) in [4.78, 5) is 29.0. The number of benzene rings is 2. The first-order valence-corrected chi connectivity index (χ1v) is 10.2. The number of fused-ring (bicyclic) bond motifs is 2. The summed E-state index contributed by atoms with van der Waals surface area (Å²) in [5.41, 5.74) is 6.83. The van der Waals surface area contributed by atoms with Gasteiger partial charge in [-0.2, -0.15) is 0 Å². The van der Waals surface area contributed by atoms with Gasteiger partial charge in [-0.15, -0.1) is 0 Å². The van der Waals surface area contributed by atoms with Crippen LogP contribution in [0.1, 0.15) is 41.6 Å². The molecule has 0 bridgehead atoms. The maximum atomic E-state index is 13.3. The molecule has 2 heterocycles. The van der Waals surface area contributed by atoms with Crippen molar-refractivity contribution in [3.63, 3.8) is 0 Å². The van der Waals surface area contributed by atoms with Gasteiger partial charge in [0, 0.05) is 17.1 Å². The van der Waals surface area contributed by atoms with Crippen LogP contribution in [0.3, 0.4) is 0 Å². The van der Waals surface area contributed by atoms with Crippen molar-refractivity contribution >= 4 is 22.7 Å². The Morgan fingerprint density at radius 3 is 2.53 bits per heavy atom. The number of hydrazine groups is 1. The number of amides is 2. The highest BCUT2D eigenvalue weighted by Gasteiger charge is 2.43. The fourth-order valence-electron chi connectivity index (χ4n) is 4.53. The van der Waals surface area contributed by atoms with Crippen LogP contribution in [0.2, 0.25) is 0 Å². The van der Waals surface area contributed by atoms with E-state index in [0.717, 1.165) is 42.1 Å². The molecular weight excluding hydrogens is 382 g/mol. The molecule has 1 aliphatic carbocycles. The van der Waals surface area contributed by atoms with Gasteiger partial charge < -0.3 is 14.5 Å². The maximum Gasteiger partial charge on any atom is 0.271 e. The van der Waals surface area contributed by atoms with Crippen molar-refractivity contribution in [2.24, 2.45) is 0 Å². The minimum Gasteiger partial charge on any atom is -0.486 e. The number of carbonyl (C=O) groups is 2. The van der Waals surface area contributed by atoms with Gasteiger partial charge in [-0.3, -0.25) is 20.4 Å². The molecule has 2 aromatic carbocycles. The van der Waals surface area contributed by atoms with Crippen molar-refractivity contribution in [2.45, 2.75) is 31.1 Å². The van der Waals surface area contributed by atoms with Crippen LogP contribution in [0, 0.1) is 0 Å². The van der Waals surface area contributed by atoms with Crippen LogP contribution in [0.5, 0.6) is 11.5 Å². The zero-order valence-electron chi connectivity index (χ0n) is 16.5. The van der Waals surface area contributed by atoms with Gasteiger partial charge in [-0.05, 0) is 36.6 Å². The third-order valence-electron chi connectivity index (χ3n) is 6.11. The molecule has 1 aromatic heterocycles. The molecule has 2 aliphatic rings. The molecule has 5 rings (SSSR count). The Morgan fingerprint density at radius 2 is 1.70 bits per heavy atom. The highest BCUT2D eigenvalue weighted by molar-refractivity contribution is 6.07. The van der Waals surface area contributed by atoms with E-state index in [1.54, 1.807) is 6.20 Å². The summed E-state index contributed by atoms with van der Waals surface area (Å²) < 4.78 is 11.3. The molecule has 1 fully saturated rings. The molecule has 30 heavy (non-hydrogen) atoms. The molecule has 0 radical (unpaired) electrons. The highest BCUT2D eigenvalue weighted by atomic mass is 16.6. The Hall–Kier alpha value is -3.48. The fourth-order valence-corrected chi connectivity index (χ4v) is 4.53. The molecule has 0 spiro atoms. The van der Waals surface area contributed by atoms with E-state index in [2.05, 4.69) is 15.8 Å². The van der Waals surface area contributed by atoms with Gasteiger partial charge in [0.25, 0.3) is 5.91 Å². The summed E-state index contributed by atoms with van der Waals surface area (Å²) in [6.07, 6.45) is 5.01. The monoisotopic (exact) mass is 405 g/mol. The topological polar surface area (TPSA) is 92.5 Å². The van der Waals surface area contributed by atoms with Gasteiger partial charge >= 0.3 is 0 Å². The molecule has 7 nitrogen and oxygen atoms in total. The summed E-state index contributed by atoms with van der Waals surface area (Å²) in [5.74, 6) is 0.813. The van der Waals surface area contributed by atoms with Crippen LogP contribution < -0.4 is 20.3 Å². The molecule has 1 aliphatic heterocycles. The SMILES string of the molecule is O=C(NNC(=O)C1(c2ccc3c(c2)OCCO3)CCCC1)c1c[nH]c2ccccc12. The molecule has 0 atom stereocenters. The lowest BCUT2D eigenvalue weighted by atomic mass is 9.78. The average molecular weight is 405 g/mol. The summed E-state index contributed by atoms with van der Waals surface area (Å²) in [6, 6.07) is 13.2. The van der Waals surface area contributed by atoms with Gasteiger partial charge in [0.15, 0.2) is 11.5 Å². The Labute approximate surface area is 173 Å². The third-order valence-corrected chi connectivity index (χ3v) is 6.11. The van der Waals surface area contributed by atoms with Crippen LogP contribution in [-0.2, 0) is 10.2 Å². The Balaban J connectivity index is 1.36. The van der Waals surface area contributed by atoms with E-state index in [0.29, 0.717) is 30.3 Å². The standard InChI is InChI=1S/C23H23N3O4/c27-21(17-14-24-18-6-2-1-5-16(17)18)25-26-22(28)23(9-3-4-10-23)15-7-8-19-20(13-15)30-12-11-29-19/h1-2,5-8,13-14,24H,3-4,9-12H2,(H,25,27)(H,26,28). The minimum absolute atomic E-state index is 0.204. The Kier molecular flexibility index (Phi) is 4.58. The van der Waals surface area contributed by atoms with Gasteiger partial charge in [0.1, 0.15) is 13.2 Å². The van der Waals surface area contributed by atoms with Gasteiger partial charge in [-0.25, -0.2) is 0 Å². The second kappa shape index (κ2) is 7.40. The number of ether oxygens (including phenoxy) is 2. The van der Waals surface area contributed by atoms with E-state index in [-0.39, 0.29) is 11.8 Å². The maximum absolute atomic E-state index is 13.3. The predicted octanol–water partition coefficient (Wildman–Crippen LogP) is 3.21. The van der Waals surface area contributed by atoms with E-state index < -0.39 is 5.41 Å². The molecule has 0 saturated heterocycles. The zero-order chi connectivity index (χ0) is 20.6. The fraction of sp³-hybridized carbons (Fsp3) is 0.304. The molecule has 1 saturated carbocycles. The first kappa shape index (κ1) is 18.5. The molecule has 2 amide bonds. The van der Waals surface area contributed by atoms with E-state index in [4.69, 9.17) is 9.47 Å². The van der Waals surface area contributed by atoms with Crippen molar-refractivity contribution in [3.8, 4) is 11.5 Å². The minimum atomic E-state index is -0.691. The van der Waals surface area contributed by atoms with Crippen molar-refractivity contribution in [3.05, 3.63) is 59.8 Å². The third kappa shape index (κ3) is 3.07. The summed E-state index contributed by atoms with van der Waals surface area (Å²) in [6.45, 7) is 1.02. The highest BCUT2D eigenvalue weighted by Crippen LogP contribution is 2.44. The largest absolute Gasteiger partial charge is 0.486 e. The Bertz CT molecular complexity index is 1110. The average Bonchev–Trinajstić information content (AvgIpc) is 3.45. The first-order chi connectivity index (χ1) is 14.7. The molecule has 154 valence electrons. The van der Waals surface area contributed by atoms with E-state index in [1.807, 2.05) is 42.5 Å². The van der Waals surface area contributed by atoms with Crippen molar-refractivity contribution in [1.29, 1.82) is 0 Å². The van der Waals surface area contributed by atoms with Crippen LogP contribution >= 0.6 is 0 Å². The number of aromatic nitrogens is 1. The second-order valence-corrected chi connectivity index (χ2v) is 7.80. The quantitative estimate of drug-likeness (QED) is 0.584. The summed E-state index contributed by atoms with van der Waals surface area (Å²) >= 11 is 0. The normalized spacial score (nSPS) is 16.9. The second-order valence-electron chi connectivity index (χ2n) is 7.80. The predicted molar refractivity (Wildman–Crippen MR) is 111 cm³/mol. The number of aromatic amines is 1. The van der Waals surface area contributed by atoms with Crippen LogP contribution in [0.25, 0.3) is 10.9 Å². The summed E-state index contributed by atoms with van der Waals surface area (Å²) in [5, 5.41) is 0.812. The molecule has 3 aromatic rings. The zero-order valence-corrected chi connectivity index (χ0v) is 16.5. The van der Waals surface area contributed by atoms with Crippen LogP contribution in [-0.4, -0.2) is 30.0 Å². The van der Waals surface area contributed by atoms with Crippen molar-refractivity contribution in [2.75, 3.05) is 13.2 Å².